The highest BCUT2D eigenvalue weighted by Gasteiger charge is 2.16. The summed E-state index contributed by atoms with van der Waals surface area (Å²) in [6.45, 7) is 4.90. The molecule has 1 atom stereocenters. The number of aromatic nitrogens is 3. The molecule has 6 heteroatoms. The number of hydrogen-bond acceptors (Lipinski definition) is 4. The summed E-state index contributed by atoms with van der Waals surface area (Å²) >= 11 is 1.69. The molecule has 0 bridgehead atoms. The zero-order chi connectivity index (χ0) is 14.4. The van der Waals surface area contributed by atoms with Crippen molar-refractivity contribution in [2.24, 2.45) is 5.92 Å². The molecule has 5 nitrogen and oxygen atoms in total. The summed E-state index contributed by atoms with van der Waals surface area (Å²) in [5.74, 6) is 0.595. The Bertz CT molecular complexity index is 507. The molecule has 0 unspecified atom stereocenters. The van der Waals surface area contributed by atoms with E-state index in [2.05, 4.69) is 35.3 Å². The smallest absolute Gasteiger partial charge is 0.222 e. The lowest BCUT2D eigenvalue weighted by atomic mass is 10.0. The van der Waals surface area contributed by atoms with Crippen molar-refractivity contribution in [3.8, 4) is 0 Å². The average Bonchev–Trinajstić information content (AvgIpc) is 3.08. The molecule has 2 heterocycles. The summed E-state index contributed by atoms with van der Waals surface area (Å²) in [4.78, 5) is 17.1. The van der Waals surface area contributed by atoms with Gasteiger partial charge in [-0.2, -0.15) is 5.10 Å². The summed E-state index contributed by atoms with van der Waals surface area (Å²) in [5, 5.41) is 9.16. The molecule has 0 aromatic carbocycles. The molecule has 0 aliphatic heterocycles. The minimum atomic E-state index is 0.0551. The summed E-state index contributed by atoms with van der Waals surface area (Å²) in [6, 6.07) is 4.21. The molecule has 108 valence electrons. The molecule has 1 N–H and O–H groups in total. The molecule has 0 fully saturated rings. The van der Waals surface area contributed by atoms with E-state index in [1.807, 2.05) is 11.4 Å². The minimum absolute atomic E-state index is 0.0551. The quantitative estimate of drug-likeness (QED) is 0.853. The number of nitrogens with one attached hydrogen (secondary N) is 1. The second kappa shape index (κ2) is 7.19. The largest absolute Gasteiger partial charge is 0.348 e. The van der Waals surface area contributed by atoms with Crippen molar-refractivity contribution in [2.45, 2.75) is 39.3 Å². The Morgan fingerprint density at radius 2 is 2.35 bits per heavy atom. The van der Waals surface area contributed by atoms with Crippen LogP contribution in [0.1, 0.15) is 37.6 Å². The number of amides is 1. The van der Waals surface area contributed by atoms with E-state index in [-0.39, 0.29) is 11.9 Å². The lowest BCUT2D eigenvalue weighted by Crippen LogP contribution is -2.29. The van der Waals surface area contributed by atoms with Crippen LogP contribution in [0.4, 0.5) is 0 Å². The summed E-state index contributed by atoms with van der Waals surface area (Å²) < 4.78 is 1.67. The minimum Gasteiger partial charge on any atom is -0.348 e. The highest BCUT2D eigenvalue weighted by Crippen LogP contribution is 2.25. The molecule has 0 aliphatic carbocycles. The number of thiophene rings is 1. The normalized spacial score (nSPS) is 12.6. The second-order valence-corrected chi connectivity index (χ2v) is 6.15. The van der Waals surface area contributed by atoms with Gasteiger partial charge >= 0.3 is 0 Å². The molecule has 20 heavy (non-hydrogen) atoms. The highest BCUT2D eigenvalue weighted by atomic mass is 32.1. The number of hydrogen-bond donors (Lipinski definition) is 1. The van der Waals surface area contributed by atoms with Gasteiger partial charge in [-0.15, -0.1) is 11.3 Å². The van der Waals surface area contributed by atoms with E-state index in [1.54, 1.807) is 22.3 Å². The van der Waals surface area contributed by atoms with Crippen LogP contribution in [0, 0.1) is 5.92 Å². The van der Waals surface area contributed by atoms with Crippen molar-refractivity contribution in [2.75, 3.05) is 0 Å². The first-order valence-electron chi connectivity index (χ1n) is 6.80. The van der Waals surface area contributed by atoms with Gasteiger partial charge in [0.1, 0.15) is 12.7 Å². The summed E-state index contributed by atoms with van der Waals surface area (Å²) in [5.41, 5.74) is 0. The van der Waals surface area contributed by atoms with Crippen LogP contribution in [0.2, 0.25) is 0 Å². The third-order valence-electron chi connectivity index (χ3n) is 2.96. The van der Waals surface area contributed by atoms with Gasteiger partial charge in [-0.05, 0) is 23.8 Å². The van der Waals surface area contributed by atoms with E-state index in [4.69, 9.17) is 0 Å². The van der Waals surface area contributed by atoms with E-state index in [0.717, 1.165) is 6.42 Å². The van der Waals surface area contributed by atoms with E-state index in [1.165, 1.54) is 11.2 Å². The van der Waals surface area contributed by atoms with Crippen LogP contribution in [0.5, 0.6) is 0 Å². The van der Waals surface area contributed by atoms with Gasteiger partial charge in [0.2, 0.25) is 5.91 Å². The Hall–Kier alpha value is -1.69. The van der Waals surface area contributed by atoms with Gasteiger partial charge < -0.3 is 5.32 Å². The van der Waals surface area contributed by atoms with Crippen molar-refractivity contribution in [3.63, 3.8) is 0 Å². The second-order valence-electron chi connectivity index (χ2n) is 5.17. The highest BCUT2D eigenvalue weighted by molar-refractivity contribution is 7.10. The number of nitrogens with zero attached hydrogens (tertiary/aromatic N) is 3. The Morgan fingerprint density at radius 3 is 2.95 bits per heavy atom. The van der Waals surface area contributed by atoms with Gasteiger partial charge in [0.15, 0.2) is 0 Å². The van der Waals surface area contributed by atoms with E-state index in [9.17, 15) is 4.79 Å². The molecule has 0 saturated carbocycles. The van der Waals surface area contributed by atoms with Gasteiger partial charge in [0, 0.05) is 11.3 Å². The molecule has 0 saturated heterocycles. The third kappa shape index (κ3) is 4.45. The van der Waals surface area contributed by atoms with Crippen LogP contribution >= 0.6 is 11.3 Å². The fraction of sp³-hybridized carbons (Fsp3) is 0.500. The molecule has 0 spiro atoms. The first-order chi connectivity index (χ1) is 9.65. The van der Waals surface area contributed by atoms with E-state index >= 15 is 0 Å². The van der Waals surface area contributed by atoms with Gasteiger partial charge in [-0.1, -0.05) is 19.9 Å². The van der Waals surface area contributed by atoms with Gasteiger partial charge in [0.05, 0.1) is 12.6 Å². The standard InChI is InChI=1S/C14H20N4OS/c1-11(2)8-12(13-4-3-7-20-13)17-14(19)5-6-18-10-15-9-16-18/h3-4,7,9-12H,5-6,8H2,1-2H3,(H,17,19)/t12-/m0/s1. The molecule has 0 aliphatic rings. The van der Waals surface area contributed by atoms with Crippen molar-refractivity contribution in [1.29, 1.82) is 0 Å². The number of rotatable bonds is 7. The SMILES string of the molecule is CC(C)C[C@H](NC(=O)CCn1cncn1)c1cccs1. The Labute approximate surface area is 123 Å². The maximum Gasteiger partial charge on any atom is 0.222 e. The van der Waals surface area contributed by atoms with Gasteiger partial charge in [-0.3, -0.25) is 9.48 Å². The molecule has 0 radical (unpaired) electrons. The van der Waals surface area contributed by atoms with Crippen molar-refractivity contribution in [3.05, 3.63) is 35.0 Å². The topological polar surface area (TPSA) is 59.8 Å². The first kappa shape index (κ1) is 14.7. The molecular weight excluding hydrogens is 272 g/mol. The Morgan fingerprint density at radius 1 is 1.50 bits per heavy atom. The molecule has 2 aromatic heterocycles. The van der Waals surface area contributed by atoms with Crippen LogP contribution < -0.4 is 5.32 Å². The van der Waals surface area contributed by atoms with Gasteiger partial charge in [0.25, 0.3) is 0 Å². The number of carbonyl (C=O) groups excluding carboxylic acids is 1. The maximum absolute atomic E-state index is 12.1. The monoisotopic (exact) mass is 292 g/mol. The van der Waals surface area contributed by atoms with Crippen LogP contribution in [-0.2, 0) is 11.3 Å². The maximum atomic E-state index is 12.1. The van der Waals surface area contributed by atoms with Crippen LogP contribution in [-0.4, -0.2) is 20.7 Å². The first-order valence-corrected chi connectivity index (χ1v) is 7.68. The van der Waals surface area contributed by atoms with E-state index in [0.29, 0.717) is 18.9 Å². The van der Waals surface area contributed by atoms with Crippen molar-refractivity contribution >= 4 is 17.2 Å². The molecular formula is C14H20N4OS. The van der Waals surface area contributed by atoms with Crippen LogP contribution in [0.25, 0.3) is 0 Å². The Balaban J connectivity index is 1.88. The van der Waals surface area contributed by atoms with Crippen molar-refractivity contribution < 1.29 is 4.79 Å². The lowest BCUT2D eigenvalue weighted by Gasteiger charge is -2.19. The molecule has 2 aromatic rings. The zero-order valence-corrected chi connectivity index (χ0v) is 12.6. The predicted octanol–water partition coefficient (Wildman–Crippen LogP) is 2.63. The molecule has 2 rings (SSSR count). The third-order valence-corrected chi connectivity index (χ3v) is 3.95. The van der Waals surface area contributed by atoms with Crippen LogP contribution in [0.15, 0.2) is 30.2 Å². The zero-order valence-electron chi connectivity index (χ0n) is 11.8. The van der Waals surface area contributed by atoms with E-state index < -0.39 is 0 Å². The van der Waals surface area contributed by atoms with Gasteiger partial charge in [-0.25, -0.2) is 4.98 Å². The molecule has 1 amide bonds. The van der Waals surface area contributed by atoms with Crippen molar-refractivity contribution in [1.82, 2.24) is 20.1 Å². The van der Waals surface area contributed by atoms with Crippen LogP contribution in [0.3, 0.4) is 0 Å². The fourth-order valence-corrected chi connectivity index (χ4v) is 2.83. The lowest BCUT2D eigenvalue weighted by molar-refractivity contribution is -0.122. The summed E-state index contributed by atoms with van der Waals surface area (Å²) in [6.07, 6.45) is 4.47. The predicted molar refractivity (Wildman–Crippen MR) is 79.3 cm³/mol. The Kier molecular flexibility index (Phi) is 5.29. The average molecular weight is 292 g/mol. The fourth-order valence-electron chi connectivity index (χ4n) is 2.04. The number of aryl methyl sites for hydroxylation is 1. The number of carbonyl (C=O) groups is 1. The summed E-state index contributed by atoms with van der Waals surface area (Å²) in [7, 11) is 0.